The maximum absolute atomic E-state index is 12.7. The first-order chi connectivity index (χ1) is 27.0. The Hall–Kier alpha value is -2.81. The number of quaternary nitrogens is 1. The highest BCUT2D eigenvalue weighted by atomic mass is 31.2. The van der Waals surface area contributed by atoms with E-state index in [0.717, 1.165) is 77.0 Å². The fourth-order valence-electron chi connectivity index (χ4n) is 5.07. The second-order valence-electron chi connectivity index (χ2n) is 15.0. The van der Waals surface area contributed by atoms with Crippen molar-refractivity contribution in [3.63, 3.8) is 0 Å². The van der Waals surface area contributed by atoms with Crippen LogP contribution in [-0.2, 0) is 32.7 Å². The molecule has 0 heterocycles. The Labute approximate surface area is 341 Å². The molecule has 0 rings (SSSR count). The minimum Gasteiger partial charge on any atom is -0.756 e. The molecule has 0 amide bonds. The Morgan fingerprint density at radius 3 is 1.57 bits per heavy atom. The maximum atomic E-state index is 12.7. The SMILES string of the molecule is CC/C=C\C/C=C\C/C=C\C/C=C\C/C=C\CCCC(=O)OC[C@H](COP(=O)([O-])OCC[N+](C)(C)C)OC(=O)CCCCCCC/C=C\C/C=C\CCCCC. The molecule has 0 bridgehead atoms. The number of unbranched alkanes of at least 4 members (excludes halogenated alkanes) is 9. The summed E-state index contributed by atoms with van der Waals surface area (Å²) in [6.45, 7) is 3.97. The number of nitrogens with zero attached hydrogens (tertiary/aromatic N) is 1. The molecule has 56 heavy (non-hydrogen) atoms. The van der Waals surface area contributed by atoms with Gasteiger partial charge in [0.2, 0.25) is 0 Å². The fourth-order valence-corrected chi connectivity index (χ4v) is 5.80. The molecular weight excluding hydrogens is 725 g/mol. The van der Waals surface area contributed by atoms with E-state index in [-0.39, 0.29) is 26.1 Å². The van der Waals surface area contributed by atoms with E-state index in [2.05, 4.69) is 92.8 Å². The summed E-state index contributed by atoms with van der Waals surface area (Å²) in [5.74, 6) is -0.929. The van der Waals surface area contributed by atoms with Crippen LogP contribution in [0.25, 0.3) is 0 Å². The topological polar surface area (TPSA) is 111 Å². The standard InChI is InChI=1S/C46H78NO8P/c1-6-8-10-12-14-16-18-20-22-23-25-26-28-30-32-34-36-38-45(48)52-42-44(43-54-56(50,51)53-41-40-47(3,4)5)55-46(49)39-37-35-33-31-29-27-24-21-19-17-15-13-11-9-7-2/h8,10,14-17,20-22,24-26,30,32,44H,6-7,9,11-13,18-19,23,27-29,31,33-43H2,1-5H3/b10-8-,16-14-,17-15-,22-20-,24-21-,26-25-,32-30-/t44-/m1/s1. The molecule has 0 aromatic carbocycles. The van der Waals surface area contributed by atoms with Crippen molar-refractivity contribution >= 4 is 19.8 Å². The van der Waals surface area contributed by atoms with Gasteiger partial charge in [-0.2, -0.15) is 0 Å². The van der Waals surface area contributed by atoms with Crippen molar-refractivity contribution in [2.24, 2.45) is 0 Å². The fraction of sp³-hybridized carbons (Fsp3) is 0.652. The van der Waals surface area contributed by atoms with E-state index in [1.807, 2.05) is 27.2 Å². The minimum atomic E-state index is -4.64. The van der Waals surface area contributed by atoms with Gasteiger partial charge in [0.05, 0.1) is 27.7 Å². The van der Waals surface area contributed by atoms with Gasteiger partial charge in [-0.15, -0.1) is 0 Å². The molecule has 2 atom stereocenters. The quantitative estimate of drug-likeness (QED) is 0.0201. The van der Waals surface area contributed by atoms with Gasteiger partial charge in [0.25, 0.3) is 7.82 Å². The van der Waals surface area contributed by atoms with E-state index < -0.39 is 32.5 Å². The molecule has 0 spiro atoms. The molecule has 0 N–H and O–H groups in total. The number of phosphoric acid groups is 1. The van der Waals surface area contributed by atoms with Gasteiger partial charge < -0.3 is 27.9 Å². The largest absolute Gasteiger partial charge is 0.756 e. The normalized spacial score (nSPS) is 14.5. The predicted molar refractivity (Wildman–Crippen MR) is 231 cm³/mol. The Kier molecular flexibility index (Phi) is 35.9. The molecule has 0 aromatic heterocycles. The lowest BCUT2D eigenvalue weighted by molar-refractivity contribution is -0.870. The molecule has 320 valence electrons. The summed E-state index contributed by atoms with van der Waals surface area (Å²) < 4.78 is 33.8. The van der Waals surface area contributed by atoms with Crippen LogP contribution in [0.2, 0.25) is 0 Å². The van der Waals surface area contributed by atoms with Crippen LogP contribution >= 0.6 is 7.82 Å². The molecule has 0 radical (unpaired) electrons. The number of hydrogen-bond donors (Lipinski definition) is 0. The van der Waals surface area contributed by atoms with Gasteiger partial charge in [-0.1, -0.05) is 131 Å². The van der Waals surface area contributed by atoms with E-state index in [4.69, 9.17) is 18.5 Å². The molecule has 10 heteroatoms. The summed E-state index contributed by atoms with van der Waals surface area (Å²) in [4.78, 5) is 37.5. The average Bonchev–Trinajstić information content (AvgIpc) is 3.15. The number of carbonyl (C=O) groups is 2. The summed E-state index contributed by atoms with van der Waals surface area (Å²) in [6, 6.07) is 0. The van der Waals surface area contributed by atoms with Crippen LogP contribution in [-0.4, -0.2) is 70.0 Å². The van der Waals surface area contributed by atoms with Gasteiger partial charge in [-0.3, -0.25) is 14.2 Å². The third-order valence-electron chi connectivity index (χ3n) is 8.40. The number of carbonyl (C=O) groups excluding carboxylic acids is 2. The van der Waals surface area contributed by atoms with Crippen LogP contribution < -0.4 is 4.89 Å². The highest BCUT2D eigenvalue weighted by Crippen LogP contribution is 2.38. The molecule has 0 aliphatic carbocycles. The van der Waals surface area contributed by atoms with Crippen molar-refractivity contribution in [2.75, 3.05) is 47.5 Å². The first-order valence-electron chi connectivity index (χ1n) is 21.3. The number of esters is 2. The molecule has 0 saturated heterocycles. The lowest BCUT2D eigenvalue weighted by Crippen LogP contribution is -2.37. The number of hydrogen-bond acceptors (Lipinski definition) is 8. The smallest absolute Gasteiger partial charge is 0.306 e. The number of likely N-dealkylation sites (N-methyl/N-ethyl adjacent to an activating group) is 1. The van der Waals surface area contributed by atoms with Crippen molar-refractivity contribution in [3.05, 3.63) is 85.1 Å². The highest BCUT2D eigenvalue weighted by Gasteiger charge is 2.21. The van der Waals surface area contributed by atoms with Crippen molar-refractivity contribution < 1.29 is 42.1 Å². The summed E-state index contributed by atoms with van der Waals surface area (Å²) in [5.41, 5.74) is 0. The lowest BCUT2D eigenvalue weighted by Gasteiger charge is -2.28. The summed E-state index contributed by atoms with van der Waals surface area (Å²) in [5, 5.41) is 0. The maximum Gasteiger partial charge on any atom is 0.306 e. The van der Waals surface area contributed by atoms with Crippen molar-refractivity contribution in [1.29, 1.82) is 0 Å². The second kappa shape index (κ2) is 37.7. The number of allylic oxidation sites excluding steroid dienone is 14. The molecular formula is C46H78NO8P. The van der Waals surface area contributed by atoms with E-state index in [9.17, 15) is 19.0 Å². The van der Waals surface area contributed by atoms with Gasteiger partial charge in [-0.05, 0) is 83.5 Å². The molecule has 1 unspecified atom stereocenters. The summed E-state index contributed by atoms with van der Waals surface area (Å²) in [6.07, 6.45) is 47.6. The molecule has 0 saturated carbocycles. The lowest BCUT2D eigenvalue weighted by atomic mass is 10.1. The Bertz CT molecular complexity index is 1230. The third-order valence-corrected chi connectivity index (χ3v) is 9.36. The zero-order chi connectivity index (χ0) is 41.4. The second-order valence-corrected chi connectivity index (χ2v) is 16.4. The van der Waals surface area contributed by atoms with Crippen LogP contribution in [0, 0.1) is 0 Å². The monoisotopic (exact) mass is 804 g/mol. The number of ether oxygens (including phenoxy) is 2. The van der Waals surface area contributed by atoms with E-state index in [0.29, 0.717) is 23.9 Å². The van der Waals surface area contributed by atoms with Crippen LogP contribution in [0.15, 0.2) is 85.1 Å². The van der Waals surface area contributed by atoms with Crippen LogP contribution in [0.3, 0.4) is 0 Å². The first-order valence-corrected chi connectivity index (χ1v) is 22.8. The molecule has 0 aliphatic heterocycles. The summed E-state index contributed by atoms with van der Waals surface area (Å²) >= 11 is 0. The highest BCUT2D eigenvalue weighted by molar-refractivity contribution is 7.45. The molecule has 9 nitrogen and oxygen atoms in total. The number of rotatable bonds is 37. The molecule has 0 aliphatic rings. The van der Waals surface area contributed by atoms with Crippen LogP contribution in [0.1, 0.15) is 142 Å². The van der Waals surface area contributed by atoms with E-state index >= 15 is 0 Å². The predicted octanol–water partition coefficient (Wildman–Crippen LogP) is 11.4. The van der Waals surface area contributed by atoms with Gasteiger partial charge in [-0.25, -0.2) is 0 Å². The van der Waals surface area contributed by atoms with Crippen molar-refractivity contribution in [3.8, 4) is 0 Å². The average molecular weight is 804 g/mol. The van der Waals surface area contributed by atoms with Gasteiger partial charge in [0.1, 0.15) is 19.8 Å². The summed E-state index contributed by atoms with van der Waals surface area (Å²) in [7, 11) is 1.11. The van der Waals surface area contributed by atoms with Crippen molar-refractivity contribution in [1.82, 2.24) is 0 Å². The molecule has 0 aromatic rings. The van der Waals surface area contributed by atoms with E-state index in [1.54, 1.807) is 0 Å². The Balaban J connectivity index is 4.52. The third kappa shape index (κ3) is 40.8. The Morgan fingerprint density at radius 2 is 1.04 bits per heavy atom. The molecule has 0 fully saturated rings. The van der Waals surface area contributed by atoms with Crippen LogP contribution in [0.4, 0.5) is 0 Å². The zero-order valence-electron chi connectivity index (χ0n) is 35.8. The first kappa shape index (κ1) is 53.2. The number of phosphoric ester groups is 1. The van der Waals surface area contributed by atoms with Gasteiger partial charge >= 0.3 is 11.9 Å². The van der Waals surface area contributed by atoms with Crippen LogP contribution in [0.5, 0.6) is 0 Å². The van der Waals surface area contributed by atoms with Crippen molar-refractivity contribution in [2.45, 2.75) is 148 Å². The Morgan fingerprint density at radius 1 is 0.571 bits per heavy atom. The van der Waals surface area contributed by atoms with Gasteiger partial charge in [0.15, 0.2) is 6.10 Å². The van der Waals surface area contributed by atoms with Gasteiger partial charge in [0, 0.05) is 12.8 Å². The zero-order valence-corrected chi connectivity index (χ0v) is 36.7. The minimum absolute atomic E-state index is 0.0472. The van der Waals surface area contributed by atoms with E-state index in [1.165, 1.54) is 25.7 Å².